The fraction of sp³-hybridized carbons (Fsp3) is 0.375. The zero-order valence-corrected chi connectivity index (χ0v) is 23.8. The molecule has 0 aliphatic carbocycles. The first-order valence-electron chi connectivity index (χ1n) is 11.7. The van der Waals surface area contributed by atoms with Crippen LogP contribution in [0.5, 0.6) is 0 Å². The molecule has 0 nitrogen and oxygen atoms in total. The Morgan fingerprint density at radius 2 is 1.03 bits per heavy atom. The molecule has 1 heteroatoms. The third-order valence-corrected chi connectivity index (χ3v) is 5.95. The highest BCUT2D eigenvalue weighted by atomic mass is 32.2. The van der Waals surface area contributed by atoms with E-state index in [-0.39, 0.29) is 0 Å². The molecule has 0 amide bonds. The number of benzene rings is 3. The van der Waals surface area contributed by atoms with Crippen LogP contribution in [-0.2, 0) is 6.42 Å². The van der Waals surface area contributed by atoms with Gasteiger partial charge in [0.2, 0.25) is 0 Å². The molecule has 0 atom stereocenters. The summed E-state index contributed by atoms with van der Waals surface area (Å²) in [6, 6.07) is 19.6. The van der Waals surface area contributed by atoms with Crippen LogP contribution in [0.4, 0.5) is 0 Å². The van der Waals surface area contributed by atoms with Gasteiger partial charge < -0.3 is 0 Å². The summed E-state index contributed by atoms with van der Waals surface area (Å²) in [6.07, 6.45) is 11.3. The lowest BCUT2D eigenvalue weighted by Crippen LogP contribution is -1.86. The molecule has 33 heavy (non-hydrogen) atoms. The zero-order chi connectivity index (χ0) is 26.0. The first-order valence-corrected chi connectivity index (χ1v) is 12.9. The van der Waals surface area contributed by atoms with Crippen LogP contribution in [0.3, 0.4) is 0 Å². The Balaban J connectivity index is 0. The molecular weight excluding hydrogens is 416 g/mol. The molecule has 0 unspecified atom stereocenters. The fourth-order valence-electron chi connectivity index (χ4n) is 3.04. The molecule has 3 rings (SSSR count). The lowest BCUT2D eigenvalue weighted by Gasteiger charge is -2.04. The largest absolute Gasteiger partial charge is 0.130 e. The number of hydrogen-bond donors (Lipinski definition) is 0. The van der Waals surface area contributed by atoms with E-state index >= 15 is 0 Å². The van der Waals surface area contributed by atoms with Crippen molar-refractivity contribution in [1.82, 2.24) is 0 Å². The average molecular weight is 463 g/mol. The van der Waals surface area contributed by atoms with E-state index in [4.69, 9.17) is 0 Å². The van der Waals surface area contributed by atoms with Gasteiger partial charge in [0.1, 0.15) is 0 Å². The summed E-state index contributed by atoms with van der Waals surface area (Å²) < 4.78 is 0. The number of rotatable bonds is 2. The Morgan fingerprint density at radius 3 is 1.39 bits per heavy atom. The van der Waals surface area contributed by atoms with Crippen molar-refractivity contribution in [1.29, 1.82) is 0 Å². The Hall–Kier alpha value is -2.43. The summed E-state index contributed by atoms with van der Waals surface area (Å²) in [4.78, 5) is 1.37. The molecule has 0 radical (unpaired) electrons. The second-order valence-electron chi connectivity index (χ2n) is 7.82. The summed E-state index contributed by atoms with van der Waals surface area (Å²) in [5.74, 6) is 0. The van der Waals surface area contributed by atoms with Crippen LogP contribution in [0.25, 0.3) is 0 Å². The Bertz CT molecular complexity index is 886. The Morgan fingerprint density at radius 1 is 0.606 bits per heavy atom. The molecule has 0 aromatic heterocycles. The normalized spacial score (nSPS) is 8.88. The van der Waals surface area contributed by atoms with Gasteiger partial charge in [-0.25, -0.2) is 0 Å². The molecule has 0 aliphatic rings. The van der Waals surface area contributed by atoms with Gasteiger partial charge in [-0.1, -0.05) is 79.9 Å². The third-order valence-electron chi connectivity index (χ3n) is 5.23. The van der Waals surface area contributed by atoms with Crippen molar-refractivity contribution in [3.63, 3.8) is 0 Å². The van der Waals surface area contributed by atoms with Crippen LogP contribution < -0.4 is 0 Å². The van der Waals surface area contributed by atoms with Gasteiger partial charge in [0, 0.05) is 4.90 Å². The molecule has 3 aromatic rings. The van der Waals surface area contributed by atoms with E-state index in [9.17, 15) is 0 Å². The maximum Gasteiger partial charge on any atom is 0.00720 e. The number of thioether (sulfide) groups is 1. The third kappa shape index (κ3) is 13.7. The monoisotopic (exact) mass is 462 g/mol. The standard InChI is InChI=1S/C10H14S.C10H14.C8H10.C2H6.C2H2/c1-4-9-7-10(11-3)6-5-8(9)2;1-7-5-8(2)10(4)9(3)6-7;1-7-3-5-8(2)6-4-7;2*1-2/h5-7H,4H2,1-3H3;5-6H,1-4H3;3-6H,1-2H3;1-2H3;1-2H. The molecule has 0 saturated heterocycles. The zero-order valence-electron chi connectivity index (χ0n) is 23.0. The maximum atomic E-state index is 4.00. The van der Waals surface area contributed by atoms with E-state index in [0.717, 1.165) is 6.42 Å². The van der Waals surface area contributed by atoms with E-state index in [1.807, 2.05) is 25.6 Å². The van der Waals surface area contributed by atoms with Crippen molar-refractivity contribution in [3.8, 4) is 12.8 Å². The van der Waals surface area contributed by atoms with Gasteiger partial charge in [0.15, 0.2) is 0 Å². The molecule has 0 saturated carbocycles. The Labute approximate surface area is 210 Å². The second-order valence-corrected chi connectivity index (χ2v) is 8.70. The molecule has 180 valence electrons. The topological polar surface area (TPSA) is 0 Å². The SMILES string of the molecule is C#C.CC.CCc1cc(SC)ccc1C.Cc1cc(C)c(C)c(C)c1.Cc1ccc(C)cc1. The van der Waals surface area contributed by atoms with Crippen molar-refractivity contribution in [2.75, 3.05) is 6.26 Å². The van der Waals surface area contributed by atoms with Gasteiger partial charge in [0.25, 0.3) is 0 Å². The molecule has 0 bridgehead atoms. The predicted molar refractivity (Wildman–Crippen MR) is 155 cm³/mol. The van der Waals surface area contributed by atoms with Crippen molar-refractivity contribution in [2.45, 2.75) is 80.6 Å². The highest BCUT2D eigenvalue weighted by molar-refractivity contribution is 7.98. The highest BCUT2D eigenvalue weighted by Crippen LogP contribution is 2.19. The first kappa shape index (κ1) is 32.7. The first-order chi connectivity index (χ1) is 15.7. The number of hydrogen-bond acceptors (Lipinski definition) is 1. The van der Waals surface area contributed by atoms with E-state index in [2.05, 4.69) is 129 Å². The van der Waals surface area contributed by atoms with Crippen molar-refractivity contribution >= 4 is 11.8 Å². The number of aryl methyl sites for hydroxylation is 7. The van der Waals surface area contributed by atoms with Crippen LogP contribution in [-0.4, -0.2) is 6.26 Å². The molecule has 0 aliphatic heterocycles. The minimum absolute atomic E-state index is 1.14. The fourth-order valence-corrected chi connectivity index (χ4v) is 3.51. The number of terminal acetylenes is 1. The second kappa shape index (κ2) is 19.1. The molecule has 0 heterocycles. The quantitative estimate of drug-likeness (QED) is 0.270. The van der Waals surface area contributed by atoms with Gasteiger partial charge in [0.05, 0.1) is 0 Å². The average Bonchev–Trinajstić information content (AvgIpc) is 2.83. The van der Waals surface area contributed by atoms with Crippen LogP contribution in [0, 0.1) is 61.3 Å². The summed E-state index contributed by atoms with van der Waals surface area (Å²) in [5.41, 5.74) is 11.1. The van der Waals surface area contributed by atoms with E-state index in [1.165, 1.54) is 49.4 Å². The molecule has 3 aromatic carbocycles. The summed E-state index contributed by atoms with van der Waals surface area (Å²) in [6.45, 7) is 21.2. The van der Waals surface area contributed by atoms with E-state index in [0.29, 0.717) is 0 Å². The lowest BCUT2D eigenvalue weighted by atomic mass is 10.0. The lowest BCUT2D eigenvalue weighted by molar-refractivity contribution is 1.09. The minimum atomic E-state index is 1.14. The van der Waals surface area contributed by atoms with Crippen LogP contribution in [0.15, 0.2) is 59.5 Å². The Kier molecular flexibility index (Phi) is 18.9. The maximum absolute atomic E-state index is 4.00. The van der Waals surface area contributed by atoms with Gasteiger partial charge in [-0.05, 0) is 101 Å². The molecule has 0 spiro atoms. The van der Waals surface area contributed by atoms with Gasteiger partial charge in [-0.3, -0.25) is 0 Å². The molecular formula is C32H46S. The van der Waals surface area contributed by atoms with Gasteiger partial charge in [-0.2, -0.15) is 0 Å². The van der Waals surface area contributed by atoms with Crippen molar-refractivity contribution in [3.05, 3.63) is 99.1 Å². The van der Waals surface area contributed by atoms with E-state index < -0.39 is 0 Å². The molecule has 0 fully saturated rings. The van der Waals surface area contributed by atoms with E-state index in [1.54, 1.807) is 0 Å². The van der Waals surface area contributed by atoms with Crippen LogP contribution >= 0.6 is 11.8 Å². The summed E-state index contributed by atoms with van der Waals surface area (Å²) in [5, 5.41) is 0. The van der Waals surface area contributed by atoms with Crippen molar-refractivity contribution in [2.24, 2.45) is 0 Å². The summed E-state index contributed by atoms with van der Waals surface area (Å²) >= 11 is 1.81. The van der Waals surface area contributed by atoms with Gasteiger partial charge in [-0.15, -0.1) is 24.6 Å². The van der Waals surface area contributed by atoms with Crippen molar-refractivity contribution < 1.29 is 0 Å². The van der Waals surface area contributed by atoms with Gasteiger partial charge >= 0.3 is 0 Å². The van der Waals surface area contributed by atoms with Crippen LogP contribution in [0.2, 0.25) is 0 Å². The minimum Gasteiger partial charge on any atom is -0.130 e. The predicted octanol–water partition coefficient (Wildman–Crippen LogP) is 9.78. The summed E-state index contributed by atoms with van der Waals surface area (Å²) in [7, 11) is 0. The highest BCUT2D eigenvalue weighted by Gasteiger charge is 1.97. The smallest absolute Gasteiger partial charge is 0.00720 e. The molecule has 0 N–H and O–H groups in total. The van der Waals surface area contributed by atoms with Crippen LogP contribution in [0.1, 0.15) is 65.3 Å².